The highest BCUT2D eigenvalue weighted by molar-refractivity contribution is 7.20. The van der Waals surface area contributed by atoms with Crippen molar-refractivity contribution in [1.29, 1.82) is 10.5 Å². The van der Waals surface area contributed by atoms with Gasteiger partial charge in [0.25, 0.3) is 0 Å². The molecule has 6 aromatic rings. The third kappa shape index (κ3) is 1.95. The van der Waals surface area contributed by atoms with Crippen LogP contribution in [0.5, 0.6) is 0 Å². The van der Waals surface area contributed by atoms with Crippen LogP contribution in [0.1, 0.15) is 4.88 Å². The first kappa shape index (κ1) is 16.2. The van der Waals surface area contributed by atoms with Gasteiger partial charge in [0, 0.05) is 26.4 Å². The lowest BCUT2D eigenvalue weighted by Crippen LogP contribution is -1.88. The van der Waals surface area contributed by atoms with Crippen LogP contribution in [0.2, 0.25) is 0 Å². The van der Waals surface area contributed by atoms with Gasteiger partial charge in [0.15, 0.2) is 0 Å². The summed E-state index contributed by atoms with van der Waals surface area (Å²) in [5.74, 6) is 0. The van der Waals surface area contributed by atoms with E-state index in [4.69, 9.17) is 7.85 Å². The van der Waals surface area contributed by atoms with E-state index >= 15 is 0 Å². The largest absolute Gasteiger partial charge is 0.299 e. The molecule has 0 amide bonds. The van der Waals surface area contributed by atoms with Crippen molar-refractivity contribution in [3.63, 3.8) is 0 Å². The zero-order valence-electron chi connectivity index (χ0n) is 15.1. The van der Waals surface area contributed by atoms with Crippen LogP contribution in [0.15, 0.2) is 66.2 Å². The van der Waals surface area contributed by atoms with Crippen molar-refractivity contribution in [2.75, 3.05) is 0 Å². The van der Waals surface area contributed by atoms with E-state index in [0.717, 1.165) is 26.0 Å². The molecular formula is C24H10BN3S. The minimum absolute atomic E-state index is 0.0539. The number of pyridine rings is 1. The van der Waals surface area contributed by atoms with Crippen LogP contribution in [0, 0.1) is 22.7 Å². The maximum Gasteiger partial charge on any atom is 0.124 e. The number of fused-ring (bicyclic) bond motifs is 6. The molecule has 3 heterocycles. The predicted octanol–water partition coefficient (Wildman–Crippen LogP) is 5.98. The number of nitriles is 2. The molecule has 0 aliphatic rings. The van der Waals surface area contributed by atoms with Crippen molar-refractivity contribution < 1.29 is 0 Å². The molecule has 0 fully saturated rings. The topological polar surface area (TPSA) is 52.0 Å². The smallest absolute Gasteiger partial charge is 0.124 e. The van der Waals surface area contributed by atoms with E-state index in [-0.39, 0.29) is 11.0 Å². The first-order valence-electron chi connectivity index (χ1n) is 9.12. The van der Waals surface area contributed by atoms with Crippen molar-refractivity contribution in [3.8, 4) is 12.1 Å². The SMILES string of the molecule is [B]C(=C(C#N)C#N)c1cc2c3cccc4ccc5c6ccccc6n(c2s1)c5c43. The summed E-state index contributed by atoms with van der Waals surface area (Å²) < 4.78 is 2.30. The summed E-state index contributed by atoms with van der Waals surface area (Å²) >= 11 is 1.52. The molecule has 29 heavy (non-hydrogen) atoms. The Morgan fingerprint density at radius 2 is 1.66 bits per heavy atom. The fraction of sp³-hybridized carbons (Fsp3) is 0. The molecule has 3 aromatic heterocycles. The molecule has 0 saturated heterocycles. The van der Waals surface area contributed by atoms with Crippen molar-refractivity contribution in [2.24, 2.45) is 0 Å². The molecular weight excluding hydrogens is 373 g/mol. The van der Waals surface area contributed by atoms with Gasteiger partial charge in [-0.05, 0) is 22.9 Å². The van der Waals surface area contributed by atoms with E-state index in [9.17, 15) is 10.5 Å². The number of hydrogen-bond donors (Lipinski definition) is 0. The van der Waals surface area contributed by atoms with Crippen LogP contribution in [0.3, 0.4) is 0 Å². The van der Waals surface area contributed by atoms with Crippen LogP contribution >= 0.6 is 11.3 Å². The van der Waals surface area contributed by atoms with Crippen molar-refractivity contribution in [3.05, 3.63) is 71.1 Å². The number of benzene rings is 3. The lowest BCUT2D eigenvalue weighted by atomic mass is 9.89. The normalized spacial score (nSPS) is 11.5. The van der Waals surface area contributed by atoms with Crippen LogP contribution in [-0.2, 0) is 0 Å². The van der Waals surface area contributed by atoms with Crippen LogP contribution in [0.25, 0.3) is 53.7 Å². The Hall–Kier alpha value is -3.80. The number of para-hydroxylation sites is 1. The monoisotopic (exact) mass is 383 g/mol. The first-order chi connectivity index (χ1) is 14.2. The number of hydrogen-bond acceptors (Lipinski definition) is 3. The molecule has 0 unspecified atom stereocenters. The number of aromatic nitrogens is 1. The lowest BCUT2D eigenvalue weighted by molar-refractivity contribution is 1.38. The average Bonchev–Trinajstić information content (AvgIpc) is 3.34. The Bertz CT molecular complexity index is 1720. The molecule has 0 aliphatic carbocycles. The zero-order valence-corrected chi connectivity index (χ0v) is 15.9. The number of thiophene rings is 1. The summed E-state index contributed by atoms with van der Waals surface area (Å²) in [5, 5.41) is 25.6. The molecule has 5 heteroatoms. The highest BCUT2D eigenvalue weighted by Gasteiger charge is 2.20. The average molecular weight is 383 g/mol. The van der Waals surface area contributed by atoms with E-state index in [2.05, 4.69) is 52.9 Å². The lowest BCUT2D eigenvalue weighted by Gasteiger charge is -2.09. The molecule has 0 atom stereocenters. The minimum Gasteiger partial charge on any atom is -0.299 e. The van der Waals surface area contributed by atoms with Gasteiger partial charge in [0.2, 0.25) is 0 Å². The second-order valence-electron chi connectivity index (χ2n) is 7.06. The second kappa shape index (κ2) is 5.61. The first-order valence-corrected chi connectivity index (χ1v) is 9.94. The Morgan fingerprint density at radius 3 is 2.48 bits per heavy atom. The molecule has 0 saturated carbocycles. The summed E-state index contributed by atoms with van der Waals surface area (Å²) in [7, 11) is 6.20. The number of nitrogens with zero attached hydrogens (tertiary/aromatic N) is 3. The zero-order chi connectivity index (χ0) is 19.7. The Morgan fingerprint density at radius 1 is 0.862 bits per heavy atom. The Kier molecular flexibility index (Phi) is 3.13. The summed E-state index contributed by atoms with van der Waals surface area (Å²) in [6, 6.07) is 24.9. The molecule has 0 aliphatic heterocycles. The van der Waals surface area contributed by atoms with E-state index in [1.807, 2.05) is 24.3 Å². The van der Waals surface area contributed by atoms with Gasteiger partial charge in [-0.3, -0.25) is 4.40 Å². The highest BCUT2D eigenvalue weighted by atomic mass is 32.1. The predicted molar refractivity (Wildman–Crippen MR) is 120 cm³/mol. The number of allylic oxidation sites excluding steroid dienone is 1. The fourth-order valence-electron chi connectivity index (χ4n) is 4.40. The van der Waals surface area contributed by atoms with E-state index < -0.39 is 0 Å². The summed E-state index contributed by atoms with van der Waals surface area (Å²) in [5.41, 5.74) is 2.52. The summed E-state index contributed by atoms with van der Waals surface area (Å²) in [6.07, 6.45) is 0. The Labute approximate surface area is 171 Å². The van der Waals surface area contributed by atoms with Gasteiger partial charge in [-0.25, -0.2) is 0 Å². The van der Waals surface area contributed by atoms with Gasteiger partial charge in [0.1, 0.15) is 30.4 Å². The number of rotatable bonds is 1. The van der Waals surface area contributed by atoms with Gasteiger partial charge in [-0.1, -0.05) is 54.0 Å². The maximum absolute atomic E-state index is 9.25. The minimum atomic E-state index is -0.0539. The van der Waals surface area contributed by atoms with E-state index in [1.165, 1.54) is 38.4 Å². The molecule has 3 nitrogen and oxygen atoms in total. The highest BCUT2D eigenvalue weighted by Crippen LogP contribution is 2.44. The van der Waals surface area contributed by atoms with E-state index in [1.54, 1.807) is 0 Å². The Balaban J connectivity index is 1.94. The third-order valence-corrected chi connectivity index (χ3v) is 6.79. The molecule has 6 rings (SSSR count). The van der Waals surface area contributed by atoms with Gasteiger partial charge < -0.3 is 0 Å². The van der Waals surface area contributed by atoms with Crippen molar-refractivity contribution in [2.45, 2.75) is 0 Å². The second-order valence-corrected chi connectivity index (χ2v) is 8.09. The van der Waals surface area contributed by atoms with E-state index in [0.29, 0.717) is 0 Å². The molecule has 2 radical (unpaired) electrons. The molecule has 0 N–H and O–H groups in total. The van der Waals surface area contributed by atoms with Gasteiger partial charge in [-0.2, -0.15) is 10.5 Å². The van der Waals surface area contributed by atoms with Crippen LogP contribution in [0.4, 0.5) is 0 Å². The standard InChI is InChI=1S/C24H10BN3S/c25-22(14(11-26)12-27)20-10-18-16-6-3-4-13-8-9-17-15-5-1-2-7-19(15)28(24(18)29-20)23(17)21(13)16/h1-10H. The van der Waals surface area contributed by atoms with Crippen LogP contribution < -0.4 is 0 Å². The quantitative estimate of drug-likeness (QED) is 0.259. The maximum atomic E-state index is 9.25. The van der Waals surface area contributed by atoms with Gasteiger partial charge in [-0.15, -0.1) is 11.3 Å². The van der Waals surface area contributed by atoms with Crippen molar-refractivity contribution in [1.82, 2.24) is 4.40 Å². The molecule has 0 spiro atoms. The molecule has 3 aromatic carbocycles. The van der Waals surface area contributed by atoms with Crippen LogP contribution in [-0.4, -0.2) is 12.2 Å². The van der Waals surface area contributed by atoms with Crippen molar-refractivity contribution >= 4 is 72.8 Å². The fourth-order valence-corrected chi connectivity index (χ4v) is 5.56. The van der Waals surface area contributed by atoms with Gasteiger partial charge in [0.05, 0.1) is 11.0 Å². The summed E-state index contributed by atoms with van der Waals surface area (Å²) in [4.78, 5) is 1.81. The third-order valence-electron chi connectivity index (χ3n) is 5.64. The molecule has 0 bridgehead atoms. The molecule has 130 valence electrons. The van der Waals surface area contributed by atoms with Gasteiger partial charge >= 0.3 is 0 Å². The summed E-state index contributed by atoms with van der Waals surface area (Å²) in [6.45, 7) is 0.